The van der Waals surface area contributed by atoms with Crippen LogP contribution < -0.4 is 15.4 Å². The van der Waals surface area contributed by atoms with E-state index in [-0.39, 0.29) is 28.4 Å². The van der Waals surface area contributed by atoms with Crippen LogP contribution in [0.1, 0.15) is 55.7 Å². The van der Waals surface area contributed by atoms with E-state index in [9.17, 15) is 10.0 Å². The summed E-state index contributed by atoms with van der Waals surface area (Å²) in [5.74, 6) is 0.753. The number of benzene rings is 1. The molecule has 35 heavy (non-hydrogen) atoms. The van der Waals surface area contributed by atoms with Gasteiger partial charge in [-0.3, -0.25) is 10.0 Å². The Kier molecular flexibility index (Phi) is 8.51. The molecule has 0 amide bonds. The lowest BCUT2D eigenvalue weighted by Gasteiger charge is -2.21. The molecule has 1 aliphatic rings. The first-order chi connectivity index (χ1) is 16.6. The molecule has 2 heterocycles. The summed E-state index contributed by atoms with van der Waals surface area (Å²) < 4.78 is 17.0. The average Bonchev–Trinajstić information content (AvgIpc) is 3.25. The summed E-state index contributed by atoms with van der Waals surface area (Å²) in [5, 5.41) is 19.7. The number of rotatable bonds is 7. The van der Waals surface area contributed by atoms with E-state index in [0.717, 1.165) is 27.9 Å². The largest absolute Gasteiger partial charge is 0.733 e. The normalized spacial score (nSPS) is 18.3. The van der Waals surface area contributed by atoms with E-state index in [1.165, 1.54) is 7.11 Å². The molecular formula is C28H32NO6-. The lowest BCUT2D eigenvalue weighted by Crippen LogP contribution is -2.15. The molecule has 1 saturated heterocycles. The lowest BCUT2D eigenvalue weighted by molar-refractivity contribution is 0.0880. The van der Waals surface area contributed by atoms with E-state index in [0.29, 0.717) is 29.9 Å². The third-order valence-corrected chi connectivity index (χ3v) is 5.81. The molecule has 0 saturated carbocycles. The Morgan fingerprint density at radius 2 is 1.74 bits per heavy atom. The highest BCUT2D eigenvalue weighted by molar-refractivity contribution is 5.59. The lowest BCUT2D eigenvalue weighted by atomic mass is 10.0. The molecule has 7 heteroatoms. The maximum absolute atomic E-state index is 12.5. The molecule has 2 aromatic rings. The molecule has 1 fully saturated rings. The monoisotopic (exact) mass is 478 g/mol. The molecule has 1 N–H and O–H groups in total. The first kappa shape index (κ1) is 26.2. The topological polar surface area (TPSA) is 95.2 Å². The van der Waals surface area contributed by atoms with Crippen molar-refractivity contribution < 1.29 is 19.1 Å². The van der Waals surface area contributed by atoms with Crippen LogP contribution in [0.5, 0.6) is 5.95 Å². The second-order valence-corrected chi connectivity index (χ2v) is 8.87. The summed E-state index contributed by atoms with van der Waals surface area (Å²) in [4.78, 5) is 12.5. The van der Waals surface area contributed by atoms with Crippen molar-refractivity contribution in [1.82, 2.24) is 0 Å². The second-order valence-electron chi connectivity index (χ2n) is 8.87. The van der Waals surface area contributed by atoms with Crippen molar-refractivity contribution in [2.24, 2.45) is 0 Å². The SMILES string of the molecule is COc1oc([C@H]2CC(=CC(C)=CC(C)=CC(C)=Cc3ccc(N([O-])O)cc3)CO2)c(C)c(=O)c1C. The predicted octanol–water partition coefficient (Wildman–Crippen LogP) is 6.34. The van der Waals surface area contributed by atoms with Crippen molar-refractivity contribution in [3.8, 4) is 5.95 Å². The molecule has 1 atom stereocenters. The minimum Gasteiger partial charge on any atom is -0.733 e. The van der Waals surface area contributed by atoms with Gasteiger partial charge < -0.3 is 24.3 Å². The minimum atomic E-state index is -0.316. The van der Waals surface area contributed by atoms with E-state index in [2.05, 4.69) is 18.2 Å². The van der Waals surface area contributed by atoms with Crippen molar-refractivity contribution in [2.45, 2.75) is 47.1 Å². The number of ether oxygens (including phenoxy) is 2. The number of nitrogens with zero attached hydrogens (tertiary/aromatic N) is 1. The van der Waals surface area contributed by atoms with Gasteiger partial charge in [-0.25, -0.2) is 0 Å². The average molecular weight is 479 g/mol. The zero-order valence-electron chi connectivity index (χ0n) is 21.0. The smallest absolute Gasteiger partial charge is 0.291 e. The Labute approximate surface area is 205 Å². The summed E-state index contributed by atoms with van der Waals surface area (Å²) >= 11 is 0. The second kappa shape index (κ2) is 11.4. The van der Waals surface area contributed by atoms with Crippen molar-refractivity contribution >= 4 is 11.8 Å². The standard InChI is InChI=1S/C28H32NO6/c1-17(11-18(2)13-22-7-9-24(10-8-22)29(31)32)12-19(3)14-23-15-25(34-16-23)27-20(4)26(30)21(5)28(33-6)35-27/h7-14,25,31H,15-16H2,1-6H3/q-1/t25-/m1/s1. The molecule has 1 aliphatic heterocycles. The molecule has 0 spiro atoms. The molecule has 0 radical (unpaired) electrons. The summed E-state index contributed by atoms with van der Waals surface area (Å²) in [6.07, 6.45) is 8.62. The van der Waals surface area contributed by atoms with Crippen LogP contribution in [0, 0.1) is 19.1 Å². The highest BCUT2D eigenvalue weighted by atomic mass is 16.8. The van der Waals surface area contributed by atoms with Gasteiger partial charge in [-0.05, 0) is 57.9 Å². The van der Waals surface area contributed by atoms with Gasteiger partial charge in [-0.1, -0.05) is 53.2 Å². The Hall–Kier alpha value is -3.39. The molecule has 186 valence electrons. The highest BCUT2D eigenvalue weighted by Gasteiger charge is 2.28. The number of hydrogen-bond donors (Lipinski definition) is 1. The molecule has 3 rings (SSSR count). The van der Waals surface area contributed by atoms with E-state index in [1.807, 2.05) is 26.8 Å². The van der Waals surface area contributed by atoms with Gasteiger partial charge in [0.2, 0.25) is 0 Å². The van der Waals surface area contributed by atoms with Crippen LogP contribution in [-0.4, -0.2) is 18.9 Å². The number of methoxy groups -OCH3 is 1. The zero-order valence-corrected chi connectivity index (χ0v) is 21.0. The molecule has 0 unspecified atom stereocenters. The summed E-state index contributed by atoms with van der Waals surface area (Å²) in [6, 6.07) is 6.68. The van der Waals surface area contributed by atoms with Crippen LogP contribution in [0.4, 0.5) is 5.69 Å². The maximum atomic E-state index is 12.5. The maximum Gasteiger partial charge on any atom is 0.291 e. The minimum absolute atomic E-state index is 0.0823. The Morgan fingerprint density at radius 3 is 2.37 bits per heavy atom. The fourth-order valence-electron chi connectivity index (χ4n) is 4.20. The Bertz CT molecular complexity index is 1250. The van der Waals surface area contributed by atoms with E-state index in [1.54, 1.807) is 38.1 Å². The molecule has 0 bridgehead atoms. The number of anilines is 1. The summed E-state index contributed by atoms with van der Waals surface area (Å²) in [5.41, 5.74) is 6.42. The third-order valence-electron chi connectivity index (χ3n) is 5.81. The van der Waals surface area contributed by atoms with E-state index < -0.39 is 0 Å². The van der Waals surface area contributed by atoms with Gasteiger partial charge in [0.25, 0.3) is 5.95 Å². The predicted molar refractivity (Wildman–Crippen MR) is 138 cm³/mol. The molecule has 1 aromatic carbocycles. The van der Waals surface area contributed by atoms with Gasteiger partial charge in [0.1, 0.15) is 11.9 Å². The third kappa shape index (κ3) is 6.60. The van der Waals surface area contributed by atoms with Gasteiger partial charge in [-0.2, -0.15) is 0 Å². The van der Waals surface area contributed by atoms with Crippen molar-refractivity contribution in [1.29, 1.82) is 0 Å². The van der Waals surface area contributed by atoms with Crippen LogP contribution in [0.2, 0.25) is 0 Å². The Morgan fingerprint density at radius 1 is 1.09 bits per heavy atom. The number of allylic oxidation sites excluding steroid dienone is 6. The quantitative estimate of drug-likeness (QED) is 0.366. The van der Waals surface area contributed by atoms with E-state index in [4.69, 9.17) is 19.1 Å². The van der Waals surface area contributed by atoms with Crippen molar-refractivity contribution in [3.05, 3.63) is 103 Å². The van der Waals surface area contributed by atoms with Crippen molar-refractivity contribution in [3.63, 3.8) is 0 Å². The fraction of sp³-hybridized carbons (Fsp3) is 0.321. The molecular weight excluding hydrogens is 446 g/mol. The molecule has 1 aromatic heterocycles. The van der Waals surface area contributed by atoms with Crippen LogP contribution >= 0.6 is 0 Å². The van der Waals surface area contributed by atoms with Crippen LogP contribution in [-0.2, 0) is 4.74 Å². The first-order valence-electron chi connectivity index (χ1n) is 11.4. The first-order valence-corrected chi connectivity index (χ1v) is 11.4. The summed E-state index contributed by atoms with van der Waals surface area (Å²) in [6.45, 7) is 10.0. The van der Waals surface area contributed by atoms with Gasteiger partial charge in [-0.15, -0.1) is 0 Å². The van der Waals surface area contributed by atoms with Crippen LogP contribution in [0.3, 0.4) is 0 Å². The summed E-state index contributed by atoms with van der Waals surface area (Å²) in [7, 11) is 1.49. The van der Waals surface area contributed by atoms with Gasteiger partial charge in [0.05, 0.1) is 25.0 Å². The number of hydrogen-bond acceptors (Lipinski definition) is 7. The highest BCUT2D eigenvalue weighted by Crippen LogP contribution is 2.35. The molecule has 7 nitrogen and oxygen atoms in total. The molecule has 0 aliphatic carbocycles. The van der Waals surface area contributed by atoms with Crippen molar-refractivity contribution in [2.75, 3.05) is 18.9 Å². The zero-order chi connectivity index (χ0) is 25.7. The van der Waals surface area contributed by atoms with Gasteiger partial charge >= 0.3 is 0 Å². The van der Waals surface area contributed by atoms with Crippen LogP contribution in [0.15, 0.2) is 74.0 Å². The van der Waals surface area contributed by atoms with E-state index >= 15 is 0 Å². The van der Waals surface area contributed by atoms with Gasteiger partial charge in [0, 0.05) is 12.0 Å². The Balaban J connectivity index is 1.71. The fourth-order valence-corrected chi connectivity index (χ4v) is 4.20. The van der Waals surface area contributed by atoms with Crippen LogP contribution in [0.25, 0.3) is 6.08 Å². The van der Waals surface area contributed by atoms with Gasteiger partial charge in [0.15, 0.2) is 5.43 Å².